The molecule has 0 unspecified atom stereocenters. The minimum Gasteiger partial charge on any atom is -0.366 e. The third-order valence-corrected chi connectivity index (χ3v) is 5.60. The van der Waals surface area contributed by atoms with Gasteiger partial charge < -0.3 is 5.73 Å². The van der Waals surface area contributed by atoms with E-state index >= 15 is 0 Å². The molecule has 0 aliphatic carbocycles. The van der Waals surface area contributed by atoms with Gasteiger partial charge >= 0.3 is 0 Å². The van der Waals surface area contributed by atoms with Crippen molar-refractivity contribution in [3.63, 3.8) is 0 Å². The quantitative estimate of drug-likeness (QED) is 0.805. The Bertz CT molecular complexity index is 918. The number of hydrogen-bond donors (Lipinski definition) is 2. The highest BCUT2D eigenvalue weighted by atomic mass is 35.5. The lowest BCUT2D eigenvalue weighted by molar-refractivity contribution is 0.100. The van der Waals surface area contributed by atoms with Crippen LogP contribution in [0.15, 0.2) is 41.3 Å². The van der Waals surface area contributed by atoms with Gasteiger partial charge in [-0.15, -0.1) is 0 Å². The van der Waals surface area contributed by atoms with Crippen molar-refractivity contribution in [3.8, 4) is 0 Å². The summed E-state index contributed by atoms with van der Waals surface area (Å²) in [6.07, 6.45) is 0. The second kappa shape index (κ2) is 6.86. The SMILES string of the molecule is CC(C)(C)c1ccc(S(=O)(=O)Nc2cc(C(N)=O)c(Cl)cc2Cl)cc1. The maximum atomic E-state index is 12.6. The molecule has 2 rings (SSSR count). The van der Waals surface area contributed by atoms with E-state index in [0.717, 1.165) is 5.56 Å². The summed E-state index contributed by atoms with van der Waals surface area (Å²) < 4.78 is 27.5. The molecule has 25 heavy (non-hydrogen) atoms. The normalized spacial score (nSPS) is 12.0. The van der Waals surface area contributed by atoms with Gasteiger partial charge in [0.25, 0.3) is 10.0 Å². The molecule has 0 heterocycles. The fourth-order valence-electron chi connectivity index (χ4n) is 2.15. The number of nitrogens with one attached hydrogen (secondary N) is 1. The summed E-state index contributed by atoms with van der Waals surface area (Å²) in [5.41, 5.74) is 6.14. The van der Waals surface area contributed by atoms with Crippen LogP contribution in [0.2, 0.25) is 10.0 Å². The van der Waals surface area contributed by atoms with E-state index in [-0.39, 0.29) is 31.6 Å². The molecule has 0 aromatic heterocycles. The number of carbonyl (C=O) groups is 1. The Hall–Kier alpha value is -1.76. The third kappa shape index (κ3) is 4.45. The molecule has 0 aliphatic heterocycles. The zero-order valence-electron chi connectivity index (χ0n) is 13.9. The van der Waals surface area contributed by atoms with Gasteiger partial charge in [0.05, 0.1) is 26.2 Å². The molecule has 1 amide bonds. The minimum atomic E-state index is -3.88. The smallest absolute Gasteiger partial charge is 0.261 e. The van der Waals surface area contributed by atoms with Crippen LogP contribution in [0.3, 0.4) is 0 Å². The Morgan fingerprint density at radius 3 is 2.08 bits per heavy atom. The van der Waals surface area contributed by atoms with E-state index in [1.54, 1.807) is 12.1 Å². The van der Waals surface area contributed by atoms with Crippen molar-refractivity contribution in [2.45, 2.75) is 31.1 Å². The monoisotopic (exact) mass is 400 g/mol. The summed E-state index contributed by atoms with van der Waals surface area (Å²) in [6.45, 7) is 6.11. The summed E-state index contributed by atoms with van der Waals surface area (Å²) in [5, 5.41) is 0.111. The van der Waals surface area contributed by atoms with Crippen molar-refractivity contribution in [1.29, 1.82) is 0 Å². The molecule has 134 valence electrons. The van der Waals surface area contributed by atoms with Gasteiger partial charge in [0.2, 0.25) is 5.91 Å². The predicted octanol–water partition coefficient (Wildman–Crippen LogP) is 4.19. The molecule has 5 nitrogen and oxygen atoms in total. The van der Waals surface area contributed by atoms with E-state index in [1.807, 2.05) is 20.8 Å². The first-order valence-electron chi connectivity index (χ1n) is 7.34. The van der Waals surface area contributed by atoms with E-state index in [4.69, 9.17) is 28.9 Å². The third-order valence-electron chi connectivity index (χ3n) is 3.60. The average Bonchev–Trinajstić information content (AvgIpc) is 2.49. The molecule has 0 saturated heterocycles. The second-order valence-corrected chi connectivity index (χ2v) is 9.05. The molecular formula is C17H18Cl2N2O3S. The molecular weight excluding hydrogens is 383 g/mol. The molecule has 0 bridgehead atoms. The van der Waals surface area contributed by atoms with Gasteiger partial charge in [-0.3, -0.25) is 9.52 Å². The average molecular weight is 401 g/mol. The van der Waals surface area contributed by atoms with Crippen molar-refractivity contribution in [2.24, 2.45) is 5.73 Å². The van der Waals surface area contributed by atoms with Crippen LogP contribution in [0, 0.1) is 0 Å². The van der Waals surface area contributed by atoms with Gasteiger partial charge in [0, 0.05) is 0 Å². The Kier molecular flexibility index (Phi) is 5.37. The number of rotatable bonds is 4. The molecule has 2 aromatic carbocycles. The summed E-state index contributed by atoms with van der Waals surface area (Å²) >= 11 is 11.9. The Morgan fingerprint density at radius 1 is 1.04 bits per heavy atom. The number of amides is 1. The van der Waals surface area contributed by atoms with Crippen molar-refractivity contribution in [2.75, 3.05) is 4.72 Å². The Balaban J connectivity index is 2.39. The first kappa shape index (κ1) is 19.6. The number of hydrogen-bond acceptors (Lipinski definition) is 3. The van der Waals surface area contributed by atoms with Gasteiger partial charge in [-0.2, -0.15) is 0 Å². The topological polar surface area (TPSA) is 89.3 Å². The molecule has 0 atom stereocenters. The Morgan fingerprint density at radius 2 is 1.60 bits per heavy atom. The maximum absolute atomic E-state index is 12.6. The fourth-order valence-corrected chi connectivity index (χ4v) is 3.80. The zero-order chi connectivity index (χ0) is 19.0. The highest BCUT2D eigenvalue weighted by Crippen LogP contribution is 2.31. The summed E-state index contributed by atoms with van der Waals surface area (Å²) in [4.78, 5) is 11.4. The lowest BCUT2D eigenvalue weighted by Crippen LogP contribution is -2.16. The van der Waals surface area contributed by atoms with Crippen LogP contribution in [0.4, 0.5) is 5.69 Å². The first-order chi connectivity index (χ1) is 11.4. The van der Waals surface area contributed by atoms with E-state index in [1.165, 1.54) is 24.3 Å². The summed E-state index contributed by atoms with van der Waals surface area (Å²) in [6, 6.07) is 9.03. The largest absolute Gasteiger partial charge is 0.366 e. The number of benzene rings is 2. The standard InChI is InChI=1S/C17H18Cl2N2O3S/c1-17(2,3)10-4-6-11(7-5-10)25(23,24)21-15-8-12(16(20)22)13(18)9-14(15)19/h4-9,21H,1-3H3,(H2,20,22). The van der Waals surface area contributed by atoms with Crippen LogP contribution in [0.1, 0.15) is 36.7 Å². The number of halogens is 2. The lowest BCUT2D eigenvalue weighted by Gasteiger charge is -2.19. The van der Waals surface area contributed by atoms with Gasteiger partial charge in [-0.1, -0.05) is 56.1 Å². The van der Waals surface area contributed by atoms with Crippen molar-refractivity contribution < 1.29 is 13.2 Å². The lowest BCUT2D eigenvalue weighted by atomic mass is 9.87. The van der Waals surface area contributed by atoms with Gasteiger partial charge in [0.1, 0.15) is 0 Å². The van der Waals surface area contributed by atoms with Crippen molar-refractivity contribution in [1.82, 2.24) is 0 Å². The van der Waals surface area contributed by atoms with Crippen LogP contribution < -0.4 is 10.5 Å². The van der Waals surface area contributed by atoms with Gasteiger partial charge in [-0.25, -0.2) is 8.42 Å². The van der Waals surface area contributed by atoms with E-state index in [9.17, 15) is 13.2 Å². The molecule has 0 radical (unpaired) electrons. The summed E-state index contributed by atoms with van der Waals surface area (Å²) in [7, 11) is -3.88. The molecule has 3 N–H and O–H groups in total. The number of nitrogens with two attached hydrogens (primary N) is 1. The number of anilines is 1. The van der Waals surface area contributed by atoms with E-state index in [2.05, 4.69) is 4.72 Å². The first-order valence-corrected chi connectivity index (χ1v) is 9.58. The molecule has 0 spiro atoms. The van der Waals surface area contributed by atoms with Crippen LogP contribution in [-0.2, 0) is 15.4 Å². The Labute approximate surface area is 157 Å². The van der Waals surface area contributed by atoms with Crippen LogP contribution >= 0.6 is 23.2 Å². The van der Waals surface area contributed by atoms with Crippen LogP contribution in [0.25, 0.3) is 0 Å². The molecule has 2 aromatic rings. The molecule has 0 aliphatic rings. The van der Waals surface area contributed by atoms with Crippen molar-refractivity contribution >= 4 is 44.8 Å². The fraction of sp³-hybridized carbons (Fsp3) is 0.235. The predicted molar refractivity (Wildman–Crippen MR) is 101 cm³/mol. The van der Waals surface area contributed by atoms with E-state index in [0.29, 0.717) is 0 Å². The van der Waals surface area contributed by atoms with Crippen LogP contribution in [0.5, 0.6) is 0 Å². The van der Waals surface area contributed by atoms with Crippen LogP contribution in [-0.4, -0.2) is 14.3 Å². The van der Waals surface area contributed by atoms with Gasteiger partial charge in [-0.05, 0) is 35.2 Å². The van der Waals surface area contributed by atoms with E-state index < -0.39 is 15.9 Å². The summed E-state index contributed by atoms with van der Waals surface area (Å²) in [5.74, 6) is -0.781. The van der Waals surface area contributed by atoms with Gasteiger partial charge in [0.15, 0.2) is 0 Å². The maximum Gasteiger partial charge on any atom is 0.261 e. The number of sulfonamides is 1. The molecule has 8 heteroatoms. The number of primary amides is 1. The zero-order valence-corrected chi connectivity index (χ0v) is 16.3. The molecule has 0 saturated carbocycles. The minimum absolute atomic E-state index is 0.0214. The highest BCUT2D eigenvalue weighted by molar-refractivity contribution is 7.92. The van der Waals surface area contributed by atoms with Crippen molar-refractivity contribution in [3.05, 3.63) is 57.6 Å². The number of carbonyl (C=O) groups excluding carboxylic acids is 1. The second-order valence-electron chi connectivity index (χ2n) is 6.56. The molecule has 0 fully saturated rings. The highest BCUT2D eigenvalue weighted by Gasteiger charge is 2.20.